The SMILES string of the molecule is OCCN(c1cccc(Cl)c1CO)C1CCCC1. The van der Waals surface area contributed by atoms with E-state index >= 15 is 0 Å². The van der Waals surface area contributed by atoms with Gasteiger partial charge in [-0.1, -0.05) is 30.5 Å². The summed E-state index contributed by atoms with van der Waals surface area (Å²) >= 11 is 6.13. The van der Waals surface area contributed by atoms with Gasteiger partial charge in [0.15, 0.2) is 0 Å². The summed E-state index contributed by atoms with van der Waals surface area (Å²) < 4.78 is 0. The van der Waals surface area contributed by atoms with E-state index in [0.717, 1.165) is 24.1 Å². The van der Waals surface area contributed by atoms with E-state index in [1.54, 1.807) is 6.07 Å². The van der Waals surface area contributed by atoms with E-state index in [1.165, 1.54) is 12.8 Å². The van der Waals surface area contributed by atoms with Crippen LogP contribution in [-0.2, 0) is 6.61 Å². The van der Waals surface area contributed by atoms with Crippen molar-refractivity contribution in [3.63, 3.8) is 0 Å². The molecule has 0 unspecified atom stereocenters. The summed E-state index contributed by atoms with van der Waals surface area (Å²) in [6.07, 6.45) is 4.78. The first-order valence-electron chi connectivity index (χ1n) is 6.53. The standard InChI is InChI=1S/C14H20ClNO2/c15-13-6-3-7-14(12(13)10-18)16(8-9-17)11-4-1-2-5-11/h3,6-7,11,17-18H,1-2,4-5,8-10H2. The Balaban J connectivity index is 2.32. The number of rotatable bonds is 5. The molecular formula is C14H20ClNO2. The van der Waals surface area contributed by atoms with Crippen LogP contribution in [0.4, 0.5) is 5.69 Å². The predicted octanol–water partition coefficient (Wildman–Crippen LogP) is 2.57. The maximum Gasteiger partial charge on any atom is 0.0716 e. The number of nitrogens with zero attached hydrogens (tertiary/aromatic N) is 1. The second-order valence-corrected chi connectivity index (χ2v) is 5.16. The second-order valence-electron chi connectivity index (χ2n) is 4.75. The van der Waals surface area contributed by atoms with Crippen molar-refractivity contribution < 1.29 is 10.2 Å². The number of hydrogen-bond acceptors (Lipinski definition) is 3. The van der Waals surface area contributed by atoms with Crippen LogP contribution in [0.5, 0.6) is 0 Å². The molecule has 0 saturated heterocycles. The van der Waals surface area contributed by atoms with Gasteiger partial charge in [0.05, 0.1) is 13.2 Å². The van der Waals surface area contributed by atoms with Crippen molar-refractivity contribution in [2.24, 2.45) is 0 Å². The number of hydrogen-bond donors (Lipinski definition) is 2. The van der Waals surface area contributed by atoms with Crippen LogP contribution in [0.2, 0.25) is 5.02 Å². The van der Waals surface area contributed by atoms with Gasteiger partial charge in [-0.25, -0.2) is 0 Å². The molecule has 0 radical (unpaired) electrons. The topological polar surface area (TPSA) is 43.7 Å². The van der Waals surface area contributed by atoms with Gasteiger partial charge < -0.3 is 15.1 Å². The Hall–Kier alpha value is -0.770. The van der Waals surface area contributed by atoms with Crippen LogP contribution in [0.1, 0.15) is 31.2 Å². The maximum absolute atomic E-state index is 9.49. The molecule has 2 N–H and O–H groups in total. The van der Waals surface area contributed by atoms with Crippen LogP contribution in [0, 0.1) is 0 Å². The van der Waals surface area contributed by atoms with E-state index in [9.17, 15) is 10.2 Å². The lowest BCUT2D eigenvalue weighted by Crippen LogP contribution is -2.36. The first kappa shape index (κ1) is 13.7. The minimum absolute atomic E-state index is 0.0658. The van der Waals surface area contributed by atoms with E-state index in [-0.39, 0.29) is 13.2 Å². The maximum atomic E-state index is 9.49. The zero-order chi connectivity index (χ0) is 13.0. The lowest BCUT2D eigenvalue weighted by Gasteiger charge is -2.32. The third kappa shape index (κ3) is 2.79. The van der Waals surface area contributed by atoms with Crippen LogP contribution >= 0.6 is 11.6 Å². The minimum atomic E-state index is -0.0658. The summed E-state index contributed by atoms with van der Waals surface area (Å²) in [4.78, 5) is 2.20. The fourth-order valence-corrected chi connectivity index (χ4v) is 3.03. The largest absolute Gasteiger partial charge is 0.395 e. The minimum Gasteiger partial charge on any atom is -0.395 e. The van der Waals surface area contributed by atoms with Gasteiger partial charge in [-0.3, -0.25) is 0 Å². The lowest BCUT2D eigenvalue weighted by molar-refractivity contribution is 0.279. The van der Waals surface area contributed by atoms with Gasteiger partial charge in [0.2, 0.25) is 0 Å². The molecule has 1 aromatic rings. The van der Waals surface area contributed by atoms with Crippen LogP contribution < -0.4 is 4.90 Å². The van der Waals surface area contributed by atoms with Gasteiger partial charge in [0, 0.05) is 28.9 Å². The van der Waals surface area contributed by atoms with Crippen molar-refractivity contribution in [3.8, 4) is 0 Å². The molecule has 0 amide bonds. The van der Waals surface area contributed by atoms with Crippen LogP contribution in [0.15, 0.2) is 18.2 Å². The Morgan fingerprint density at radius 1 is 1.22 bits per heavy atom. The quantitative estimate of drug-likeness (QED) is 0.864. The molecule has 3 nitrogen and oxygen atoms in total. The third-order valence-corrected chi connectivity index (χ3v) is 4.02. The van der Waals surface area contributed by atoms with Gasteiger partial charge in [0.1, 0.15) is 0 Å². The average Bonchev–Trinajstić information content (AvgIpc) is 2.89. The van der Waals surface area contributed by atoms with E-state index in [4.69, 9.17) is 11.6 Å². The molecule has 18 heavy (non-hydrogen) atoms. The van der Waals surface area contributed by atoms with Gasteiger partial charge in [-0.05, 0) is 25.0 Å². The van der Waals surface area contributed by atoms with Gasteiger partial charge in [-0.15, -0.1) is 0 Å². The smallest absolute Gasteiger partial charge is 0.0716 e. The van der Waals surface area contributed by atoms with Crippen molar-refractivity contribution in [1.29, 1.82) is 0 Å². The molecule has 1 aliphatic rings. The molecule has 0 aliphatic heterocycles. The summed E-state index contributed by atoms with van der Waals surface area (Å²) in [7, 11) is 0. The number of halogens is 1. The Morgan fingerprint density at radius 3 is 2.56 bits per heavy atom. The van der Waals surface area contributed by atoms with Gasteiger partial charge in [0.25, 0.3) is 0 Å². The van der Waals surface area contributed by atoms with Crippen molar-refractivity contribution in [2.75, 3.05) is 18.1 Å². The molecular weight excluding hydrogens is 250 g/mol. The predicted molar refractivity (Wildman–Crippen MR) is 74.1 cm³/mol. The molecule has 4 heteroatoms. The third-order valence-electron chi connectivity index (χ3n) is 3.67. The Kier molecular flexibility index (Phi) is 4.87. The summed E-state index contributed by atoms with van der Waals surface area (Å²) in [5, 5.41) is 19.3. The highest BCUT2D eigenvalue weighted by Crippen LogP contribution is 2.33. The highest BCUT2D eigenvalue weighted by molar-refractivity contribution is 6.31. The van der Waals surface area contributed by atoms with E-state index in [2.05, 4.69) is 4.90 Å². The molecule has 100 valence electrons. The first-order chi connectivity index (χ1) is 8.77. The molecule has 0 atom stereocenters. The van der Waals surface area contributed by atoms with E-state index < -0.39 is 0 Å². The van der Waals surface area contributed by atoms with Crippen molar-refractivity contribution >= 4 is 17.3 Å². The molecule has 2 rings (SSSR count). The zero-order valence-corrected chi connectivity index (χ0v) is 11.2. The van der Waals surface area contributed by atoms with Crippen LogP contribution in [0.3, 0.4) is 0 Å². The lowest BCUT2D eigenvalue weighted by atomic mass is 10.1. The summed E-state index contributed by atoms with van der Waals surface area (Å²) in [6.45, 7) is 0.648. The fraction of sp³-hybridized carbons (Fsp3) is 0.571. The highest BCUT2D eigenvalue weighted by atomic mass is 35.5. The van der Waals surface area contributed by atoms with Gasteiger partial charge >= 0.3 is 0 Å². The van der Waals surface area contributed by atoms with E-state index in [1.807, 2.05) is 12.1 Å². The number of aliphatic hydroxyl groups is 2. The van der Waals surface area contributed by atoms with Crippen molar-refractivity contribution in [1.82, 2.24) is 0 Å². The van der Waals surface area contributed by atoms with Crippen LogP contribution in [-0.4, -0.2) is 29.4 Å². The Morgan fingerprint density at radius 2 is 1.94 bits per heavy atom. The zero-order valence-electron chi connectivity index (χ0n) is 10.5. The molecule has 1 aromatic carbocycles. The highest BCUT2D eigenvalue weighted by Gasteiger charge is 2.24. The summed E-state index contributed by atoms with van der Waals surface area (Å²) in [5.41, 5.74) is 1.73. The normalized spacial score (nSPS) is 16.2. The molecule has 1 saturated carbocycles. The Labute approximate surface area is 113 Å². The average molecular weight is 270 g/mol. The van der Waals surface area contributed by atoms with Gasteiger partial charge in [-0.2, -0.15) is 0 Å². The molecule has 0 heterocycles. The molecule has 1 aliphatic carbocycles. The first-order valence-corrected chi connectivity index (χ1v) is 6.91. The van der Waals surface area contributed by atoms with E-state index in [0.29, 0.717) is 17.6 Å². The summed E-state index contributed by atoms with van der Waals surface area (Å²) in [6, 6.07) is 6.13. The second kappa shape index (κ2) is 6.41. The van der Waals surface area contributed by atoms with Crippen LogP contribution in [0.25, 0.3) is 0 Å². The fourth-order valence-electron chi connectivity index (χ4n) is 2.80. The molecule has 0 spiro atoms. The number of benzene rings is 1. The number of anilines is 1. The van der Waals surface area contributed by atoms with Crippen molar-refractivity contribution in [2.45, 2.75) is 38.3 Å². The molecule has 0 aromatic heterocycles. The Bertz CT molecular complexity index is 391. The summed E-state index contributed by atoms with van der Waals surface area (Å²) in [5.74, 6) is 0. The van der Waals surface area contributed by atoms with Crippen molar-refractivity contribution in [3.05, 3.63) is 28.8 Å². The monoisotopic (exact) mass is 269 g/mol. The molecule has 1 fully saturated rings. The number of aliphatic hydroxyl groups excluding tert-OH is 2. The molecule has 0 bridgehead atoms.